The Hall–Kier alpha value is -5.57. The van der Waals surface area contributed by atoms with Crippen molar-refractivity contribution in [3.05, 3.63) is 56.0 Å². The monoisotopic (exact) mass is 1360 g/mol. The first-order valence-electron chi connectivity index (χ1n) is 30.5. The van der Waals surface area contributed by atoms with Crippen molar-refractivity contribution in [1.29, 1.82) is 0 Å². The van der Waals surface area contributed by atoms with Crippen molar-refractivity contribution in [2.75, 3.05) is 75.4 Å². The van der Waals surface area contributed by atoms with Gasteiger partial charge in [-0.3, -0.25) is 43.1 Å². The van der Waals surface area contributed by atoms with Gasteiger partial charge in [-0.25, -0.2) is 9.78 Å². The highest BCUT2D eigenvalue weighted by Gasteiger charge is 2.54. The van der Waals surface area contributed by atoms with Gasteiger partial charge in [-0.2, -0.15) is 23.5 Å². The maximum atomic E-state index is 13.6. The van der Waals surface area contributed by atoms with Gasteiger partial charge in [0.2, 0.25) is 29.5 Å². The van der Waals surface area contributed by atoms with E-state index in [2.05, 4.69) is 20.6 Å². The summed E-state index contributed by atoms with van der Waals surface area (Å²) >= 11 is 2.86. The summed E-state index contributed by atoms with van der Waals surface area (Å²) in [5, 5.41) is 71.0. The Morgan fingerprint density at radius 2 is 1.24 bits per heavy atom. The van der Waals surface area contributed by atoms with Crippen molar-refractivity contribution in [1.82, 2.24) is 39.5 Å². The lowest BCUT2D eigenvalue weighted by atomic mass is 9.84. The number of imidazole rings is 1. The summed E-state index contributed by atoms with van der Waals surface area (Å²) in [5.74, 6) is -1.91. The molecule has 36 nitrogen and oxygen atoms in total. The number of unbranched alkanes of at least 4 members (excludes halogenated alkanes) is 3. The van der Waals surface area contributed by atoms with E-state index in [0.717, 1.165) is 40.1 Å². The maximum Gasteiger partial charge on any atom is 0.328 e. The van der Waals surface area contributed by atoms with Crippen molar-refractivity contribution in [2.45, 2.75) is 175 Å². The average molecular weight is 1360 g/mol. The van der Waals surface area contributed by atoms with Gasteiger partial charge >= 0.3 is 5.69 Å². The fraction of sp³-hybridized carbons (Fsp3) is 0.727. The summed E-state index contributed by atoms with van der Waals surface area (Å²) < 4.78 is 39.0. The minimum absolute atomic E-state index is 0.0197. The average Bonchev–Trinajstić information content (AvgIpc) is 1.78. The number of nitrogens with one attached hydrogen (secondary N) is 3. The molecule has 3 aliphatic heterocycles. The summed E-state index contributed by atoms with van der Waals surface area (Å²) in [6.07, 6.45) is -12.8. The van der Waals surface area contributed by atoms with E-state index >= 15 is 0 Å². The van der Waals surface area contributed by atoms with Crippen LogP contribution in [0.15, 0.2) is 27.8 Å². The molecule has 0 aromatic carbocycles. The number of aliphatic hydroxyl groups is 6. The van der Waals surface area contributed by atoms with E-state index in [4.69, 9.17) is 74.3 Å². The highest BCUT2D eigenvalue weighted by molar-refractivity contribution is 8.00. The van der Waals surface area contributed by atoms with E-state index in [1.165, 1.54) is 53.6 Å². The zero-order valence-electron chi connectivity index (χ0n) is 51.4. The number of primary amides is 1. The van der Waals surface area contributed by atoms with Gasteiger partial charge in [0.15, 0.2) is 24.7 Å². The highest BCUT2D eigenvalue weighted by atomic mass is 32.2. The Bertz CT molecular complexity index is 3020. The predicted molar refractivity (Wildman–Crippen MR) is 332 cm³/mol. The number of nitrogens with two attached hydrogens (primary N) is 8. The molecule has 5 aliphatic rings. The Morgan fingerprint density at radius 1 is 0.688 bits per heavy atom. The van der Waals surface area contributed by atoms with E-state index in [9.17, 15) is 69.0 Å². The number of aryl methyl sites for hydroxylation is 1. The van der Waals surface area contributed by atoms with Gasteiger partial charge in [-0.1, -0.05) is 12.8 Å². The molecule has 2 aromatic heterocycles. The summed E-state index contributed by atoms with van der Waals surface area (Å²) in [4.78, 5) is 111. The number of aromatic amines is 1. The van der Waals surface area contributed by atoms with Gasteiger partial charge in [0.05, 0.1) is 61.6 Å². The van der Waals surface area contributed by atoms with Gasteiger partial charge in [0, 0.05) is 74.6 Å². The lowest BCUT2D eigenvalue weighted by molar-refractivity contribution is -0.306. The molecule has 2 aliphatic carbocycles. The lowest BCUT2D eigenvalue weighted by Gasteiger charge is -2.47. The van der Waals surface area contributed by atoms with Crippen LogP contribution in [0.4, 0.5) is 0 Å². The van der Waals surface area contributed by atoms with Gasteiger partial charge in [-0.05, 0) is 43.8 Å². The minimum Gasteiger partial charge on any atom is -0.402 e. The number of hydrogen-bond acceptors (Lipinski definition) is 30. The molecule has 7 rings (SSSR count). The van der Waals surface area contributed by atoms with E-state index in [-0.39, 0.29) is 98.8 Å². The van der Waals surface area contributed by atoms with Crippen LogP contribution in [0.3, 0.4) is 0 Å². The smallest absolute Gasteiger partial charge is 0.328 e. The predicted octanol–water partition coefficient (Wildman–Crippen LogP) is -9.84. The molecular weight excluding hydrogens is 1270 g/mol. The van der Waals surface area contributed by atoms with Crippen LogP contribution in [-0.4, -0.2) is 287 Å². The maximum absolute atomic E-state index is 13.6. The van der Waals surface area contributed by atoms with Crippen molar-refractivity contribution in [3.8, 4) is 0 Å². The van der Waals surface area contributed by atoms with E-state index in [0.29, 0.717) is 17.2 Å². The molecule has 4 fully saturated rings. The molecule has 3 saturated heterocycles. The number of fused-ring (bicyclic) bond motifs is 1. The number of thioether (sulfide) groups is 2. The Balaban J connectivity index is 0.861. The number of ketones is 1. The number of nitrogens with zero attached hydrogens (tertiary/aromatic N) is 5. The number of Topliss-reactive ketones (excluding diaryl/α,β-unsaturated/α-hetero) is 1. The van der Waals surface area contributed by atoms with Crippen molar-refractivity contribution < 1.29 is 87.8 Å². The van der Waals surface area contributed by atoms with Crippen molar-refractivity contribution >= 4 is 64.9 Å². The van der Waals surface area contributed by atoms with Crippen LogP contribution in [-0.2, 0) is 65.5 Å². The van der Waals surface area contributed by atoms with Crippen molar-refractivity contribution in [2.24, 2.45) is 45.9 Å². The fourth-order valence-corrected chi connectivity index (χ4v) is 13.1. The Morgan fingerprint density at radius 3 is 1.84 bits per heavy atom. The first kappa shape index (κ1) is 74.8. The number of H-pyrrole nitrogens is 1. The molecule has 38 heteroatoms. The molecule has 0 unspecified atom stereocenters. The second-order valence-corrected chi connectivity index (χ2v) is 25.8. The number of aliphatic hydroxyl groups excluding tert-OH is 6. The molecule has 93 heavy (non-hydrogen) atoms. The van der Waals surface area contributed by atoms with Gasteiger partial charge < -0.3 is 130 Å². The SMILES string of the molecule is Cc1cn(CC(=O)N(CCNC(=O)CSCCCCCCSC[C@H]2O[C@@H](O[C@@H]3[C@@H](O)[C@H](N)C[C@H](N)[C@H]3O[C@H]3O[C@H](CN)[C@@H](O)[C@H](O)[C@H]3N)[C@H](O)[C@@H]2O[C@H]2O[C@@H](CN)[C@@H](O)[C@H](O)[C@H]2N)CC(=O)NCCN(CC(N)=O)C(=O)Cn2cnc3c2C=C(N)CC3=O)c(=O)[nH]c1=O. The van der Waals surface area contributed by atoms with Crippen molar-refractivity contribution in [3.63, 3.8) is 0 Å². The van der Waals surface area contributed by atoms with E-state index in [1.54, 1.807) is 0 Å². The molecule has 522 valence electrons. The summed E-state index contributed by atoms with van der Waals surface area (Å²) in [6.45, 7) is -1.52. The number of rotatable bonds is 33. The molecule has 0 spiro atoms. The van der Waals surface area contributed by atoms with Crippen LogP contribution in [0.25, 0.3) is 6.08 Å². The first-order chi connectivity index (χ1) is 44.2. The third kappa shape index (κ3) is 19.8. The third-order valence-corrected chi connectivity index (χ3v) is 18.6. The fourth-order valence-electron chi connectivity index (χ4n) is 11.2. The normalized spacial score (nSPS) is 31.1. The Labute approximate surface area is 542 Å². The third-order valence-electron chi connectivity index (χ3n) is 16.5. The van der Waals surface area contributed by atoms with E-state index < -0.39 is 171 Å². The number of hydrogen-bond donors (Lipinski definition) is 17. The Kier molecular flexibility index (Phi) is 28.1. The first-order valence-corrected chi connectivity index (χ1v) is 32.8. The number of aromatic nitrogens is 4. The van der Waals surface area contributed by atoms with Crippen LogP contribution < -0.4 is 67.8 Å². The molecule has 5 heterocycles. The van der Waals surface area contributed by atoms with Crippen LogP contribution in [0, 0.1) is 6.92 Å². The topological polar surface area (TPSA) is 591 Å². The standard InChI is InChI=1S/C55H90N16O20S2/c1-25-17-70(55(85)67-51(25)84)20-37(76)69(19-35(74)64-6-8-68(18-34(61)73)38(77)21-71-24-66-41-29(71)12-26(58)13-30(41)72)9-7-65-36(75)23-93-11-5-3-2-4-10-92-22-33-49(90-53-40(63)46(82)44(80)32(16-57)87-53)47(83)54(88-33)91-50-42(78)27(59)14-28(60)48(50)89-52-39(62)45(81)43(79)31(15-56)86-52/h12,17,24,27-28,31-33,39-40,42-50,52-54,78-83H,2-11,13-16,18-23,56-60,62-63H2,1H3,(H2,61,73)(H,64,74)(H,65,75)(H,67,84,85)/t27-,28+,31-,32+,33-,39-,40-,42+,43-,44-,45-,46-,47-,48-,49-,50-,52-,53-,54+/m1/s1. The number of allylic oxidation sites excluding steroid dienone is 1. The number of carbonyl (C=O) groups excluding carboxylic acids is 6. The largest absolute Gasteiger partial charge is 0.402 e. The molecule has 1 saturated carbocycles. The zero-order valence-corrected chi connectivity index (χ0v) is 53.0. The molecule has 5 amide bonds. The van der Waals surface area contributed by atoms with Crippen LogP contribution in [0.1, 0.15) is 60.3 Å². The van der Waals surface area contributed by atoms with Crippen LogP contribution >= 0.6 is 23.5 Å². The summed E-state index contributed by atoms with van der Waals surface area (Å²) in [6, 6.07) is -4.38. The summed E-state index contributed by atoms with van der Waals surface area (Å²) in [5.41, 5.74) is 47.6. The second kappa shape index (κ2) is 34.9. The second-order valence-electron chi connectivity index (χ2n) is 23.5. The number of carbonyl (C=O) groups is 6. The lowest BCUT2D eigenvalue weighted by Crippen LogP contribution is -2.68. The molecule has 25 N–H and O–H groups in total. The van der Waals surface area contributed by atoms with E-state index in [1.807, 2.05) is 0 Å². The highest BCUT2D eigenvalue weighted by Crippen LogP contribution is 2.36. The van der Waals surface area contributed by atoms with Crippen LogP contribution in [0.2, 0.25) is 0 Å². The molecule has 0 bridgehead atoms. The number of amides is 5. The summed E-state index contributed by atoms with van der Waals surface area (Å²) in [7, 11) is 0. The van der Waals surface area contributed by atoms with Crippen LogP contribution in [0.5, 0.6) is 0 Å². The molecular formula is C55H90N16O20S2. The quantitative estimate of drug-likeness (QED) is 0.0295. The van der Waals surface area contributed by atoms with Gasteiger partial charge in [-0.15, -0.1) is 0 Å². The van der Waals surface area contributed by atoms with Gasteiger partial charge in [0.25, 0.3) is 5.56 Å². The minimum atomic E-state index is -1.59. The zero-order chi connectivity index (χ0) is 68.0. The molecule has 19 atom stereocenters. The molecule has 2 aromatic rings. The molecule has 0 radical (unpaired) electrons. The van der Waals surface area contributed by atoms with Gasteiger partial charge in [0.1, 0.15) is 79.8 Å². The number of ether oxygens (including phenoxy) is 6.